The summed E-state index contributed by atoms with van der Waals surface area (Å²) in [6.07, 6.45) is 8.45. The van der Waals surface area contributed by atoms with E-state index in [2.05, 4.69) is 38.1 Å². The van der Waals surface area contributed by atoms with E-state index in [4.69, 9.17) is 20.3 Å². The Morgan fingerprint density at radius 1 is 1.26 bits per heavy atom. The predicted molar refractivity (Wildman–Crippen MR) is 111 cm³/mol. The first kappa shape index (κ1) is 22.1. The lowest BCUT2D eigenvalue weighted by Crippen LogP contribution is -2.24. The van der Waals surface area contributed by atoms with Gasteiger partial charge in [-0.3, -0.25) is 0 Å². The maximum atomic E-state index is 8.98. The largest absolute Gasteiger partial charge is 0.396 e. The Bertz CT molecular complexity index is 581. The molecule has 1 aromatic rings. The summed E-state index contributed by atoms with van der Waals surface area (Å²) in [5.41, 5.74) is 11.5. The fraction of sp³-hybridized carbons (Fsp3) is 0.652. The third-order valence-corrected chi connectivity index (χ3v) is 5.32. The molecule has 0 saturated carbocycles. The summed E-state index contributed by atoms with van der Waals surface area (Å²) in [5.74, 6) is 0.397. The van der Waals surface area contributed by atoms with Gasteiger partial charge in [-0.1, -0.05) is 36.3 Å². The van der Waals surface area contributed by atoms with E-state index in [0.29, 0.717) is 38.4 Å². The van der Waals surface area contributed by atoms with Crippen LogP contribution >= 0.6 is 0 Å². The highest BCUT2D eigenvalue weighted by molar-refractivity contribution is 5.36. The van der Waals surface area contributed by atoms with Crippen LogP contribution in [0.4, 0.5) is 0 Å². The van der Waals surface area contributed by atoms with E-state index in [-0.39, 0.29) is 6.61 Å². The van der Waals surface area contributed by atoms with Crippen molar-refractivity contribution in [1.82, 2.24) is 0 Å². The van der Waals surface area contributed by atoms with Gasteiger partial charge in [-0.05, 0) is 75.1 Å². The molecule has 2 atom stereocenters. The molecular formula is C23H37NO3. The van der Waals surface area contributed by atoms with Gasteiger partial charge in [0, 0.05) is 6.61 Å². The molecule has 152 valence electrons. The van der Waals surface area contributed by atoms with E-state index in [0.717, 1.165) is 38.5 Å². The van der Waals surface area contributed by atoms with E-state index in [1.807, 2.05) is 0 Å². The van der Waals surface area contributed by atoms with Gasteiger partial charge in [-0.2, -0.15) is 0 Å². The van der Waals surface area contributed by atoms with Crippen LogP contribution in [0.3, 0.4) is 0 Å². The first-order chi connectivity index (χ1) is 13.1. The van der Waals surface area contributed by atoms with Crippen molar-refractivity contribution in [2.75, 3.05) is 33.0 Å². The molecule has 1 aliphatic carbocycles. The third-order valence-electron chi connectivity index (χ3n) is 5.32. The lowest BCUT2D eigenvalue weighted by atomic mass is 9.85. The number of allylic oxidation sites excluding steroid dienone is 1. The van der Waals surface area contributed by atoms with Gasteiger partial charge in [0.15, 0.2) is 0 Å². The summed E-state index contributed by atoms with van der Waals surface area (Å²) < 4.78 is 11.6. The highest BCUT2D eigenvalue weighted by Gasteiger charge is 2.20. The molecule has 0 heterocycles. The van der Waals surface area contributed by atoms with Gasteiger partial charge in [0.2, 0.25) is 0 Å². The van der Waals surface area contributed by atoms with Crippen molar-refractivity contribution in [1.29, 1.82) is 0 Å². The van der Waals surface area contributed by atoms with Crippen molar-refractivity contribution in [2.45, 2.75) is 64.4 Å². The summed E-state index contributed by atoms with van der Waals surface area (Å²) in [7, 11) is 0. The first-order valence-corrected chi connectivity index (χ1v) is 10.4. The average Bonchev–Trinajstić information content (AvgIpc) is 2.67. The van der Waals surface area contributed by atoms with Crippen molar-refractivity contribution in [2.24, 2.45) is 5.73 Å². The Balaban J connectivity index is 1.80. The third kappa shape index (κ3) is 7.74. The lowest BCUT2D eigenvalue weighted by Gasteiger charge is -2.26. The molecule has 1 aliphatic rings. The molecule has 27 heavy (non-hydrogen) atoms. The molecule has 0 saturated heterocycles. The van der Waals surface area contributed by atoms with Crippen molar-refractivity contribution >= 4 is 0 Å². The number of unbranched alkanes of at least 4 members (excludes halogenated alkanes) is 1. The zero-order chi connectivity index (χ0) is 19.5. The van der Waals surface area contributed by atoms with E-state index < -0.39 is 0 Å². The van der Waals surface area contributed by atoms with Gasteiger partial charge in [-0.15, -0.1) is 0 Å². The summed E-state index contributed by atoms with van der Waals surface area (Å²) in [6.45, 7) is 7.08. The second-order valence-corrected chi connectivity index (χ2v) is 7.77. The molecule has 0 amide bonds. The molecule has 4 heteroatoms. The summed E-state index contributed by atoms with van der Waals surface area (Å²) in [6, 6.07) is 6.85. The minimum atomic E-state index is 0.267. The first-order valence-electron chi connectivity index (χ1n) is 10.4. The lowest BCUT2D eigenvalue weighted by molar-refractivity contribution is 0.00485. The van der Waals surface area contributed by atoms with Crippen molar-refractivity contribution < 1.29 is 14.6 Å². The number of aliphatic hydroxyl groups excluding tert-OH is 1. The Hall–Kier alpha value is -1.20. The molecule has 0 spiro atoms. The fourth-order valence-corrected chi connectivity index (χ4v) is 3.64. The smallest absolute Gasteiger partial charge is 0.0704 e. The maximum Gasteiger partial charge on any atom is 0.0704 e. The summed E-state index contributed by atoms with van der Waals surface area (Å²) in [5, 5.41) is 8.98. The van der Waals surface area contributed by atoms with Gasteiger partial charge in [0.05, 0.1) is 25.9 Å². The predicted octanol–water partition coefficient (Wildman–Crippen LogP) is 3.75. The standard InChI is InChI=1S/C23H37NO3/c1-18(2)10-12-26-13-14-27-23-9-8-19-15-20(6-7-21(19)16-23)22(17-24)5-3-4-11-25/h6-7,10,15,22-23,25H,3-5,8-9,11-14,16-17,24H2,1-2H3/t22-,23?/m0/s1. The molecule has 0 aliphatic heterocycles. The van der Waals surface area contributed by atoms with Crippen LogP contribution in [0.1, 0.15) is 62.1 Å². The Morgan fingerprint density at radius 2 is 2.11 bits per heavy atom. The van der Waals surface area contributed by atoms with E-state index in [1.165, 1.54) is 22.3 Å². The Kier molecular flexibility index (Phi) is 10.1. The number of benzene rings is 1. The second kappa shape index (κ2) is 12.3. The minimum absolute atomic E-state index is 0.267. The molecule has 0 fully saturated rings. The van der Waals surface area contributed by atoms with E-state index in [1.54, 1.807) is 0 Å². The molecule has 0 aromatic heterocycles. The average molecular weight is 376 g/mol. The SMILES string of the molecule is CC(C)=CCOCCOC1CCc2cc([C@H](CN)CCCCO)ccc2C1. The van der Waals surface area contributed by atoms with E-state index in [9.17, 15) is 0 Å². The zero-order valence-electron chi connectivity index (χ0n) is 17.1. The number of aliphatic hydroxyl groups is 1. The van der Waals surface area contributed by atoms with Gasteiger partial charge in [0.25, 0.3) is 0 Å². The number of rotatable bonds is 12. The molecule has 2 rings (SSSR count). The molecular weight excluding hydrogens is 338 g/mol. The topological polar surface area (TPSA) is 64.7 Å². The van der Waals surface area contributed by atoms with Gasteiger partial charge in [-0.25, -0.2) is 0 Å². The maximum absolute atomic E-state index is 8.98. The Labute approximate surface area is 164 Å². The van der Waals surface area contributed by atoms with Crippen molar-refractivity contribution in [3.05, 3.63) is 46.5 Å². The number of hydrogen-bond donors (Lipinski definition) is 2. The number of hydrogen-bond acceptors (Lipinski definition) is 4. The number of aryl methyl sites for hydroxylation is 1. The van der Waals surface area contributed by atoms with Gasteiger partial charge < -0.3 is 20.3 Å². The monoisotopic (exact) mass is 375 g/mol. The molecule has 4 nitrogen and oxygen atoms in total. The highest BCUT2D eigenvalue weighted by atomic mass is 16.5. The van der Waals surface area contributed by atoms with Crippen LogP contribution in [0.25, 0.3) is 0 Å². The molecule has 1 unspecified atom stereocenters. The number of ether oxygens (including phenoxy) is 2. The van der Waals surface area contributed by atoms with Crippen LogP contribution in [-0.4, -0.2) is 44.2 Å². The molecule has 1 aromatic carbocycles. The van der Waals surface area contributed by atoms with Crippen LogP contribution in [0.5, 0.6) is 0 Å². The number of fused-ring (bicyclic) bond motifs is 1. The van der Waals surface area contributed by atoms with E-state index >= 15 is 0 Å². The van der Waals surface area contributed by atoms with Crippen LogP contribution in [-0.2, 0) is 22.3 Å². The fourth-order valence-electron chi connectivity index (χ4n) is 3.64. The van der Waals surface area contributed by atoms with Crippen molar-refractivity contribution in [3.8, 4) is 0 Å². The minimum Gasteiger partial charge on any atom is -0.396 e. The van der Waals surface area contributed by atoms with Gasteiger partial charge in [0.1, 0.15) is 0 Å². The normalized spacial score (nSPS) is 17.4. The summed E-state index contributed by atoms with van der Waals surface area (Å²) in [4.78, 5) is 0. The zero-order valence-corrected chi connectivity index (χ0v) is 17.1. The van der Waals surface area contributed by atoms with Crippen LogP contribution in [0.2, 0.25) is 0 Å². The van der Waals surface area contributed by atoms with Gasteiger partial charge >= 0.3 is 0 Å². The van der Waals surface area contributed by atoms with Crippen LogP contribution in [0.15, 0.2) is 29.8 Å². The molecule has 0 bridgehead atoms. The summed E-state index contributed by atoms with van der Waals surface area (Å²) >= 11 is 0. The van der Waals surface area contributed by atoms with Crippen LogP contribution in [0, 0.1) is 0 Å². The Morgan fingerprint density at radius 3 is 2.85 bits per heavy atom. The molecule has 0 radical (unpaired) electrons. The highest BCUT2D eigenvalue weighted by Crippen LogP contribution is 2.28. The quantitative estimate of drug-likeness (QED) is 0.431. The van der Waals surface area contributed by atoms with Crippen molar-refractivity contribution in [3.63, 3.8) is 0 Å². The number of nitrogens with two attached hydrogens (primary N) is 1. The molecule has 3 N–H and O–H groups in total. The second-order valence-electron chi connectivity index (χ2n) is 7.77. The van der Waals surface area contributed by atoms with Crippen LogP contribution < -0.4 is 5.73 Å².